The molecule has 1 aliphatic heterocycles. The molecule has 0 radical (unpaired) electrons. The molecule has 0 aromatic rings. The van der Waals surface area contributed by atoms with Crippen molar-refractivity contribution in [2.75, 3.05) is 7.11 Å². The molecule has 0 saturated carbocycles. The van der Waals surface area contributed by atoms with Crippen molar-refractivity contribution in [2.45, 2.75) is 58.3 Å². The molecule has 0 spiro atoms. The van der Waals surface area contributed by atoms with Gasteiger partial charge < -0.3 is 14.0 Å². The Morgan fingerprint density at radius 3 is 1.88 bits per heavy atom. The molecular weight excluding hydrogens is 203 g/mol. The van der Waals surface area contributed by atoms with Crippen molar-refractivity contribution in [3.8, 4) is 0 Å². The molecule has 1 heterocycles. The van der Waals surface area contributed by atoms with Crippen LogP contribution in [0.15, 0.2) is 12.1 Å². The van der Waals surface area contributed by atoms with Gasteiger partial charge in [-0.25, -0.2) is 0 Å². The SMILES string of the molecule is COC(C)(C)C=CB1OC(C)(C)C(C)(C)O1. The highest BCUT2D eigenvalue weighted by Gasteiger charge is 2.50. The summed E-state index contributed by atoms with van der Waals surface area (Å²) < 4.78 is 17.0. The Labute approximate surface area is 99.3 Å². The van der Waals surface area contributed by atoms with Crippen LogP contribution in [0.2, 0.25) is 0 Å². The van der Waals surface area contributed by atoms with Gasteiger partial charge in [-0.3, -0.25) is 0 Å². The fraction of sp³-hybridized carbons (Fsp3) is 0.833. The summed E-state index contributed by atoms with van der Waals surface area (Å²) in [7, 11) is 1.40. The van der Waals surface area contributed by atoms with Crippen LogP contribution in [0.4, 0.5) is 0 Å². The molecular formula is C12H23BO3. The first-order chi connectivity index (χ1) is 7.10. The smallest absolute Gasteiger partial charge is 0.400 e. The van der Waals surface area contributed by atoms with Crippen LogP contribution in [0.1, 0.15) is 41.5 Å². The summed E-state index contributed by atoms with van der Waals surface area (Å²) in [5.74, 6) is 1.92. The van der Waals surface area contributed by atoms with E-state index in [0.717, 1.165) is 0 Å². The molecule has 0 amide bonds. The summed E-state index contributed by atoms with van der Waals surface area (Å²) >= 11 is 0. The van der Waals surface area contributed by atoms with Crippen molar-refractivity contribution in [2.24, 2.45) is 0 Å². The molecule has 1 fully saturated rings. The minimum absolute atomic E-state index is 0.279. The van der Waals surface area contributed by atoms with Crippen molar-refractivity contribution in [1.82, 2.24) is 0 Å². The van der Waals surface area contributed by atoms with E-state index in [1.54, 1.807) is 7.11 Å². The van der Waals surface area contributed by atoms with Crippen LogP contribution in [0, 0.1) is 0 Å². The lowest BCUT2D eigenvalue weighted by molar-refractivity contribution is 0.00578. The van der Waals surface area contributed by atoms with Gasteiger partial charge in [0, 0.05) is 7.11 Å². The quantitative estimate of drug-likeness (QED) is 0.692. The minimum atomic E-state index is -0.292. The molecule has 0 aliphatic carbocycles. The molecule has 0 aromatic carbocycles. The molecule has 0 unspecified atom stereocenters. The molecule has 0 bridgehead atoms. The zero-order valence-electron chi connectivity index (χ0n) is 11.5. The molecule has 0 atom stereocenters. The molecule has 1 saturated heterocycles. The van der Waals surface area contributed by atoms with Gasteiger partial charge in [0.25, 0.3) is 0 Å². The zero-order valence-corrected chi connectivity index (χ0v) is 11.5. The normalized spacial score (nSPS) is 24.3. The van der Waals surface area contributed by atoms with Gasteiger partial charge in [-0.15, -0.1) is 0 Å². The summed E-state index contributed by atoms with van der Waals surface area (Å²) in [5.41, 5.74) is -0.845. The largest absolute Gasteiger partial charge is 0.486 e. The van der Waals surface area contributed by atoms with Gasteiger partial charge in [0.2, 0.25) is 0 Å². The maximum atomic E-state index is 5.84. The van der Waals surface area contributed by atoms with Crippen molar-refractivity contribution >= 4 is 7.12 Å². The maximum Gasteiger partial charge on any atom is 0.486 e. The molecule has 92 valence electrons. The van der Waals surface area contributed by atoms with Crippen LogP contribution in [0.25, 0.3) is 0 Å². The van der Waals surface area contributed by atoms with Crippen LogP contribution < -0.4 is 0 Å². The number of hydrogen-bond donors (Lipinski definition) is 0. The van der Waals surface area contributed by atoms with E-state index >= 15 is 0 Å². The van der Waals surface area contributed by atoms with Gasteiger partial charge in [-0.1, -0.05) is 12.1 Å². The van der Waals surface area contributed by atoms with E-state index in [4.69, 9.17) is 14.0 Å². The summed E-state index contributed by atoms with van der Waals surface area (Å²) in [6, 6.07) is 0. The predicted molar refractivity (Wildman–Crippen MR) is 66.3 cm³/mol. The Balaban J connectivity index is 2.68. The topological polar surface area (TPSA) is 27.7 Å². The van der Waals surface area contributed by atoms with Gasteiger partial charge >= 0.3 is 7.12 Å². The standard InChI is InChI=1S/C12H23BO3/c1-10(2,14-7)8-9-13-15-11(3,4)12(5,6)16-13/h8-9H,1-7H3. The first-order valence-corrected chi connectivity index (χ1v) is 5.70. The number of rotatable bonds is 3. The molecule has 1 rings (SSSR count). The highest BCUT2D eigenvalue weighted by Crippen LogP contribution is 2.37. The maximum absolute atomic E-state index is 5.84. The molecule has 3 nitrogen and oxygen atoms in total. The highest BCUT2D eigenvalue weighted by atomic mass is 16.7. The fourth-order valence-electron chi connectivity index (χ4n) is 1.35. The van der Waals surface area contributed by atoms with Crippen molar-refractivity contribution < 1.29 is 14.0 Å². The first kappa shape index (κ1) is 13.7. The average Bonchev–Trinajstić information content (AvgIpc) is 2.33. The monoisotopic (exact) mass is 226 g/mol. The summed E-state index contributed by atoms with van der Waals surface area (Å²) in [6.45, 7) is 12.2. The highest BCUT2D eigenvalue weighted by molar-refractivity contribution is 6.51. The number of ether oxygens (including phenoxy) is 1. The number of methoxy groups -OCH3 is 1. The third-order valence-electron chi connectivity index (χ3n) is 3.45. The molecule has 16 heavy (non-hydrogen) atoms. The molecule has 0 N–H and O–H groups in total. The van der Waals surface area contributed by atoms with E-state index in [1.165, 1.54) is 0 Å². The van der Waals surface area contributed by atoms with E-state index < -0.39 is 0 Å². The Bertz CT molecular complexity index is 266. The third-order valence-corrected chi connectivity index (χ3v) is 3.45. The molecule has 1 aliphatic rings. The van der Waals surface area contributed by atoms with Crippen molar-refractivity contribution in [3.05, 3.63) is 12.1 Å². The third kappa shape index (κ3) is 2.87. The van der Waals surface area contributed by atoms with E-state index in [1.807, 2.05) is 53.6 Å². The van der Waals surface area contributed by atoms with Crippen LogP contribution >= 0.6 is 0 Å². The second kappa shape index (κ2) is 4.17. The second-order valence-electron chi connectivity index (χ2n) is 5.79. The Morgan fingerprint density at radius 1 is 1.06 bits per heavy atom. The lowest BCUT2D eigenvalue weighted by Crippen LogP contribution is -2.41. The van der Waals surface area contributed by atoms with Gasteiger partial charge in [0.1, 0.15) is 0 Å². The summed E-state index contributed by atoms with van der Waals surface area (Å²) in [4.78, 5) is 0. The van der Waals surface area contributed by atoms with Crippen molar-refractivity contribution in [1.29, 1.82) is 0 Å². The summed E-state index contributed by atoms with van der Waals surface area (Å²) in [6.07, 6.45) is 1.97. The van der Waals surface area contributed by atoms with Crippen molar-refractivity contribution in [3.63, 3.8) is 0 Å². The molecule has 4 heteroatoms. The lowest BCUT2D eigenvalue weighted by atomic mass is 9.87. The zero-order chi connectivity index (χ0) is 12.6. The van der Waals surface area contributed by atoms with E-state index in [9.17, 15) is 0 Å². The van der Waals surface area contributed by atoms with Crippen LogP contribution in [-0.2, 0) is 14.0 Å². The van der Waals surface area contributed by atoms with E-state index in [0.29, 0.717) is 0 Å². The van der Waals surface area contributed by atoms with Crippen LogP contribution in [-0.4, -0.2) is 31.0 Å². The lowest BCUT2D eigenvalue weighted by Gasteiger charge is -2.32. The average molecular weight is 226 g/mol. The Kier molecular flexibility index (Phi) is 3.58. The molecule has 0 aromatic heterocycles. The first-order valence-electron chi connectivity index (χ1n) is 5.70. The van der Waals surface area contributed by atoms with Gasteiger partial charge in [-0.05, 0) is 41.5 Å². The Hall–Kier alpha value is -0.315. The van der Waals surface area contributed by atoms with Gasteiger partial charge in [0.15, 0.2) is 0 Å². The summed E-state index contributed by atoms with van der Waals surface area (Å²) in [5, 5.41) is 0. The Morgan fingerprint density at radius 2 is 1.50 bits per heavy atom. The minimum Gasteiger partial charge on any atom is -0.400 e. The fourth-order valence-corrected chi connectivity index (χ4v) is 1.35. The second-order valence-corrected chi connectivity index (χ2v) is 5.79. The van der Waals surface area contributed by atoms with E-state index in [2.05, 4.69) is 0 Å². The predicted octanol–water partition coefficient (Wildman–Crippen LogP) is 2.60. The van der Waals surface area contributed by atoms with Gasteiger partial charge in [-0.2, -0.15) is 0 Å². The van der Waals surface area contributed by atoms with Gasteiger partial charge in [0.05, 0.1) is 16.8 Å². The number of hydrogen-bond acceptors (Lipinski definition) is 3. The van der Waals surface area contributed by atoms with E-state index in [-0.39, 0.29) is 23.9 Å². The van der Waals surface area contributed by atoms with Crippen LogP contribution in [0.3, 0.4) is 0 Å². The van der Waals surface area contributed by atoms with Crippen LogP contribution in [0.5, 0.6) is 0 Å².